The highest BCUT2D eigenvalue weighted by Crippen LogP contribution is 2.21. The molecule has 2 aliphatic rings. The van der Waals surface area contributed by atoms with E-state index >= 15 is 0 Å². The molecule has 6 nitrogen and oxygen atoms in total. The standard InChI is InChI=1S/C19H36N2O4/c1-3-9-20-10-4-17(5-11-20)25-18-6-12-21(13-7-18)19(22)8-14-24-16-15-23-2/h17-18H,3-16H2,1-2H3. The number of carbonyl (C=O) groups excluding carboxylic acids is 1. The van der Waals surface area contributed by atoms with Crippen LogP contribution in [0.25, 0.3) is 0 Å². The van der Waals surface area contributed by atoms with Gasteiger partial charge in [0.2, 0.25) is 5.91 Å². The van der Waals surface area contributed by atoms with E-state index in [-0.39, 0.29) is 5.91 Å². The molecule has 0 aromatic carbocycles. The molecule has 2 saturated heterocycles. The van der Waals surface area contributed by atoms with Crippen LogP contribution in [-0.2, 0) is 19.0 Å². The Bertz CT molecular complexity index is 364. The smallest absolute Gasteiger partial charge is 0.224 e. The van der Waals surface area contributed by atoms with Crippen LogP contribution in [0.2, 0.25) is 0 Å². The summed E-state index contributed by atoms with van der Waals surface area (Å²) in [6, 6.07) is 0. The minimum Gasteiger partial charge on any atom is -0.382 e. The van der Waals surface area contributed by atoms with E-state index in [0.29, 0.717) is 38.4 Å². The highest BCUT2D eigenvalue weighted by Gasteiger charge is 2.27. The van der Waals surface area contributed by atoms with Crippen molar-refractivity contribution in [2.24, 2.45) is 0 Å². The molecule has 0 unspecified atom stereocenters. The molecule has 146 valence electrons. The van der Waals surface area contributed by atoms with E-state index in [2.05, 4.69) is 11.8 Å². The Balaban J connectivity index is 1.56. The van der Waals surface area contributed by atoms with Gasteiger partial charge in [0, 0.05) is 33.3 Å². The minimum absolute atomic E-state index is 0.198. The number of carbonyl (C=O) groups is 1. The van der Waals surface area contributed by atoms with Gasteiger partial charge < -0.3 is 24.0 Å². The van der Waals surface area contributed by atoms with Crippen molar-refractivity contribution in [2.45, 2.75) is 57.7 Å². The molecular formula is C19H36N2O4. The van der Waals surface area contributed by atoms with Crippen LogP contribution < -0.4 is 0 Å². The van der Waals surface area contributed by atoms with Gasteiger partial charge in [-0.2, -0.15) is 0 Å². The number of piperidine rings is 2. The molecule has 2 fully saturated rings. The van der Waals surface area contributed by atoms with Crippen molar-refractivity contribution >= 4 is 5.91 Å². The normalized spacial score (nSPS) is 21.0. The molecule has 2 rings (SSSR count). The highest BCUT2D eigenvalue weighted by molar-refractivity contribution is 5.76. The molecule has 0 spiro atoms. The third-order valence-electron chi connectivity index (χ3n) is 5.15. The zero-order chi connectivity index (χ0) is 17.9. The number of methoxy groups -OCH3 is 1. The predicted molar refractivity (Wildman–Crippen MR) is 97.8 cm³/mol. The molecule has 0 aromatic rings. The summed E-state index contributed by atoms with van der Waals surface area (Å²) in [5, 5.41) is 0. The molecule has 2 heterocycles. The molecule has 6 heteroatoms. The van der Waals surface area contributed by atoms with Crippen LogP contribution >= 0.6 is 0 Å². The monoisotopic (exact) mass is 356 g/mol. The van der Waals surface area contributed by atoms with Gasteiger partial charge in [-0.3, -0.25) is 4.79 Å². The van der Waals surface area contributed by atoms with Crippen molar-refractivity contribution in [1.29, 1.82) is 0 Å². The zero-order valence-corrected chi connectivity index (χ0v) is 16.1. The van der Waals surface area contributed by atoms with Crippen LogP contribution in [0.15, 0.2) is 0 Å². The fourth-order valence-electron chi connectivity index (χ4n) is 3.66. The summed E-state index contributed by atoms with van der Waals surface area (Å²) >= 11 is 0. The summed E-state index contributed by atoms with van der Waals surface area (Å²) in [5.41, 5.74) is 0. The minimum atomic E-state index is 0.198. The van der Waals surface area contributed by atoms with Gasteiger partial charge in [0.05, 0.1) is 38.4 Å². The van der Waals surface area contributed by atoms with Gasteiger partial charge in [0.25, 0.3) is 0 Å². The number of rotatable bonds is 10. The maximum absolute atomic E-state index is 12.2. The zero-order valence-electron chi connectivity index (χ0n) is 16.1. The van der Waals surface area contributed by atoms with E-state index in [0.717, 1.165) is 38.8 Å². The summed E-state index contributed by atoms with van der Waals surface area (Å²) < 4.78 is 16.6. The lowest BCUT2D eigenvalue weighted by Crippen LogP contribution is -2.44. The lowest BCUT2D eigenvalue weighted by Gasteiger charge is -2.37. The fourth-order valence-corrected chi connectivity index (χ4v) is 3.66. The Morgan fingerprint density at radius 1 is 0.960 bits per heavy atom. The van der Waals surface area contributed by atoms with Crippen LogP contribution in [0, 0.1) is 0 Å². The molecule has 25 heavy (non-hydrogen) atoms. The lowest BCUT2D eigenvalue weighted by atomic mass is 10.0. The average molecular weight is 357 g/mol. The number of hydrogen-bond acceptors (Lipinski definition) is 5. The number of hydrogen-bond donors (Lipinski definition) is 0. The van der Waals surface area contributed by atoms with Crippen molar-refractivity contribution in [3.63, 3.8) is 0 Å². The van der Waals surface area contributed by atoms with Crippen molar-refractivity contribution in [3.05, 3.63) is 0 Å². The van der Waals surface area contributed by atoms with E-state index in [1.165, 1.54) is 26.1 Å². The van der Waals surface area contributed by atoms with Crippen LogP contribution in [0.4, 0.5) is 0 Å². The third kappa shape index (κ3) is 7.60. The Morgan fingerprint density at radius 3 is 2.20 bits per heavy atom. The van der Waals surface area contributed by atoms with Crippen molar-refractivity contribution in [1.82, 2.24) is 9.80 Å². The maximum atomic E-state index is 12.2. The number of amides is 1. The summed E-state index contributed by atoms with van der Waals surface area (Å²) in [5.74, 6) is 0.198. The largest absolute Gasteiger partial charge is 0.382 e. The van der Waals surface area contributed by atoms with E-state index in [4.69, 9.17) is 14.2 Å². The van der Waals surface area contributed by atoms with Crippen LogP contribution in [0.1, 0.15) is 45.4 Å². The summed E-state index contributed by atoms with van der Waals surface area (Å²) in [6.45, 7) is 9.02. The van der Waals surface area contributed by atoms with Gasteiger partial charge >= 0.3 is 0 Å². The number of likely N-dealkylation sites (tertiary alicyclic amines) is 2. The first kappa shape index (κ1) is 20.6. The second-order valence-electron chi connectivity index (χ2n) is 7.11. The van der Waals surface area contributed by atoms with Crippen LogP contribution in [0.3, 0.4) is 0 Å². The van der Waals surface area contributed by atoms with Gasteiger partial charge in [-0.05, 0) is 38.6 Å². The van der Waals surface area contributed by atoms with E-state index in [1.807, 2.05) is 4.90 Å². The predicted octanol–water partition coefficient (Wildman–Crippen LogP) is 1.92. The van der Waals surface area contributed by atoms with Gasteiger partial charge in [0.15, 0.2) is 0 Å². The highest BCUT2D eigenvalue weighted by atomic mass is 16.5. The molecule has 0 saturated carbocycles. The molecule has 0 bridgehead atoms. The number of ether oxygens (including phenoxy) is 3. The summed E-state index contributed by atoms with van der Waals surface area (Å²) in [7, 11) is 1.65. The van der Waals surface area contributed by atoms with E-state index in [9.17, 15) is 4.79 Å². The molecule has 1 amide bonds. The second kappa shape index (κ2) is 11.8. The lowest BCUT2D eigenvalue weighted by molar-refractivity contribution is -0.136. The first-order valence-electron chi connectivity index (χ1n) is 9.95. The molecule has 0 N–H and O–H groups in total. The van der Waals surface area contributed by atoms with Crippen molar-refractivity contribution < 1.29 is 19.0 Å². The quantitative estimate of drug-likeness (QED) is 0.560. The Labute approximate surface area is 152 Å². The molecule has 0 radical (unpaired) electrons. The Hall–Kier alpha value is -0.690. The molecule has 0 aliphatic carbocycles. The van der Waals surface area contributed by atoms with Gasteiger partial charge in [0.1, 0.15) is 0 Å². The van der Waals surface area contributed by atoms with Crippen LogP contribution in [-0.4, -0.2) is 87.6 Å². The fraction of sp³-hybridized carbons (Fsp3) is 0.947. The van der Waals surface area contributed by atoms with Gasteiger partial charge in [-0.25, -0.2) is 0 Å². The van der Waals surface area contributed by atoms with Crippen molar-refractivity contribution in [2.75, 3.05) is 59.7 Å². The first-order valence-corrected chi connectivity index (χ1v) is 9.95. The SMILES string of the molecule is CCCN1CCC(OC2CCN(C(=O)CCOCCOC)CC2)CC1. The van der Waals surface area contributed by atoms with E-state index in [1.54, 1.807) is 7.11 Å². The Morgan fingerprint density at radius 2 is 1.60 bits per heavy atom. The van der Waals surface area contributed by atoms with Crippen molar-refractivity contribution in [3.8, 4) is 0 Å². The molecule has 0 atom stereocenters. The van der Waals surface area contributed by atoms with E-state index < -0.39 is 0 Å². The second-order valence-corrected chi connectivity index (χ2v) is 7.11. The first-order chi connectivity index (χ1) is 12.2. The van der Waals surface area contributed by atoms with Crippen LogP contribution in [0.5, 0.6) is 0 Å². The van der Waals surface area contributed by atoms with Gasteiger partial charge in [-0.1, -0.05) is 6.92 Å². The third-order valence-corrected chi connectivity index (χ3v) is 5.15. The Kier molecular flexibility index (Phi) is 9.76. The summed E-state index contributed by atoms with van der Waals surface area (Å²) in [4.78, 5) is 16.7. The maximum Gasteiger partial charge on any atom is 0.224 e. The molecule has 2 aliphatic heterocycles. The molecular weight excluding hydrogens is 320 g/mol. The van der Waals surface area contributed by atoms with Gasteiger partial charge in [-0.15, -0.1) is 0 Å². The average Bonchev–Trinajstić information content (AvgIpc) is 2.64. The molecule has 0 aromatic heterocycles. The topological polar surface area (TPSA) is 51.2 Å². The summed E-state index contributed by atoms with van der Waals surface area (Å²) in [6.07, 6.45) is 6.66. The number of nitrogens with zero attached hydrogens (tertiary/aromatic N) is 2.